The second-order valence-corrected chi connectivity index (χ2v) is 7.78. The van der Waals surface area contributed by atoms with E-state index in [1.807, 2.05) is 21.1 Å². The molecule has 3 aliphatic rings. The Labute approximate surface area is 173 Å². The smallest absolute Gasteiger partial charge is 0.319 e. The van der Waals surface area contributed by atoms with E-state index in [9.17, 15) is 14.4 Å². The topological polar surface area (TPSA) is 134 Å². The van der Waals surface area contributed by atoms with Crippen LogP contribution in [-0.4, -0.2) is 115 Å². The van der Waals surface area contributed by atoms with Crippen molar-refractivity contribution in [3.05, 3.63) is 0 Å². The fraction of sp³-hybridized carbons (Fsp3) is 0.842. The lowest BCUT2D eigenvalue weighted by atomic mass is 9.95. The highest BCUT2D eigenvalue weighted by molar-refractivity contribution is 5.78. The molecule has 10 heteroatoms. The Bertz CT molecular complexity index is 485. The van der Waals surface area contributed by atoms with Crippen LogP contribution in [0, 0.1) is 5.41 Å². The second kappa shape index (κ2) is 14.1. The van der Waals surface area contributed by atoms with E-state index in [1.54, 1.807) is 21.6 Å². The molecule has 0 spiro atoms. The quantitative estimate of drug-likeness (QED) is 0.469. The zero-order valence-corrected chi connectivity index (χ0v) is 18.2. The molecule has 10 nitrogen and oxygen atoms in total. The number of hydrogen-bond donors (Lipinski definition) is 4. The number of likely N-dealkylation sites (N-methyl/N-ethyl adjacent to an activating group) is 2. The van der Waals surface area contributed by atoms with E-state index in [4.69, 9.17) is 15.3 Å². The molecule has 0 aromatic rings. The lowest BCUT2D eigenvalue weighted by Crippen LogP contribution is -2.29. The van der Waals surface area contributed by atoms with Gasteiger partial charge in [-0.15, -0.1) is 0 Å². The first-order valence-corrected chi connectivity index (χ1v) is 9.89. The number of nitrogens with one attached hydrogen (secondary N) is 1. The molecule has 170 valence electrons. The summed E-state index contributed by atoms with van der Waals surface area (Å²) in [6.45, 7) is 4.65. The molecule has 0 unspecified atom stereocenters. The maximum atomic E-state index is 10.8. The van der Waals surface area contributed by atoms with Crippen LogP contribution in [0.2, 0.25) is 0 Å². The molecule has 4 N–H and O–H groups in total. The summed E-state index contributed by atoms with van der Waals surface area (Å²) in [6, 6.07) is 0.130. The fourth-order valence-electron chi connectivity index (χ4n) is 2.28. The summed E-state index contributed by atoms with van der Waals surface area (Å²) >= 11 is 0. The van der Waals surface area contributed by atoms with Crippen LogP contribution in [0.3, 0.4) is 0 Å². The summed E-state index contributed by atoms with van der Waals surface area (Å²) < 4.78 is 0. The average molecular weight is 419 g/mol. The van der Waals surface area contributed by atoms with Crippen LogP contribution < -0.4 is 5.32 Å². The van der Waals surface area contributed by atoms with Crippen LogP contribution in [0.5, 0.6) is 0 Å². The molecule has 0 aromatic carbocycles. The predicted molar refractivity (Wildman–Crippen MR) is 109 cm³/mol. The van der Waals surface area contributed by atoms with Crippen molar-refractivity contribution in [1.82, 2.24) is 20.0 Å². The van der Waals surface area contributed by atoms with Gasteiger partial charge in [0.25, 0.3) is 0 Å². The molecule has 3 fully saturated rings. The van der Waals surface area contributed by atoms with Crippen LogP contribution in [-0.2, 0) is 9.59 Å². The van der Waals surface area contributed by atoms with Gasteiger partial charge in [0.15, 0.2) is 0 Å². The van der Waals surface area contributed by atoms with E-state index in [1.165, 1.54) is 0 Å². The molecule has 0 atom stereocenters. The van der Waals surface area contributed by atoms with Crippen molar-refractivity contribution in [2.24, 2.45) is 5.41 Å². The first kappa shape index (κ1) is 27.1. The maximum Gasteiger partial charge on any atom is 0.319 e. The lowest BCUT2D eigenvalue weighted by Gasteiger charge is -2.20. The number of carbonyl (C=O) groups excluding carboxylic acids is 3. The maximum absolute atomic E-state index is 10.8. The number of rotatable bonds is 3. The third-order valence-corrected chi connectivity index (χ3v) is 4.78. The number of urea groups is 1. The summed E-state index contributed by atoms with van der Waals surface area (Å²) in [5, 5.41) is 28.1. The van der Waals surface area contributed by atoms with Gasteiger partial charge in [-0.25, -0.2) is 4.79 Å². The lowest BCUT2D eigenvalue weighted by molar-refractivity contribution is -0.126. The van der Waals surface area contributed by atoms with Gasteiger partial charge in [-0.1, -0.05) is 6.92 Å². The zero-order chi connectivity index (χ0) is 22.4. The summed E-state index contributed by atoms with van der Waals surface area (Å²) in [4.78, 5) is 36.6. The number of hydrogen-bond acceptors (Lipinski definition) is 6. The third-order valence-electron chi connectivity index (χ3n) is 4.78. The first-order chi connectivity index (χ1) is 13.6. The van der Waals surface area contributed by atoms with E-state index >= 15 is 0 Å². The third kappa shape index (κ3) is 11.0. The molecular formula is C19H38N4O6. The normalized spacial score (nSPS) is 18.4. The molecule has 0 saturated carbocycles. The summed E-state index contributed by atoms with van der Waals surface area (Å²) in [5.41, 5.74) is -0.708. The van der Waals surface area contributed by atoms with Gasteiger partial charge in [-0.2, -0.15) is 0 Å². The van der Waals surface area contributed by atoms with Gasteiger partial charge in [-0.3, -0.25) is 9.59 Å². The summed E-state index contributed by atoms with van der Waals surface area (Å²) in [7, 11) is 5.47. The summed E-state index contributed by atoms with van der Waals surface area (Å²) in [5.74, 6) is 0.495. The molecule has 3 aliphatic heterocycles. The van der Waals surface area contributed by atoms with Crippen molar-refractivity contribution in [2.45, 2.75) is 32.6 Å². The molecular weight excluding hydrogens is 380 g/mol. The van der Waals surface area contributed by atoms with E-state index in [-0.39, 0.29) is 31.8 Å². The van der Waals surface area contributed by atoms with Crippen molar-refractivity contribution >= 4 is 17.8 Å². The molecule has 0 aromatic heterocycles. The number of aliphatic hydroxyl groups excluding tert-OH is 3. The first-order valence-electron chi connectivity index (χ1n) is 9.89. The minimum atomic E-state index is -0.708. The highest BCUT2D eigenvalue weighted by atomic mass is 16.3. The second-order valence-electron chi connectivity index (χ2n) is 7.78. The fourth-order valence-corrected chi connectivity index (χ4v) is 2.28. The van der Waals surface area contributed by atoms with Gasteiger partial charge in [0.05, 0.1) is 19.8 Å². The Hall–Kier alpha value is -1.91. The molecule has 29 heavy (non-hydrogen) atoms. The number of carbonyl (C=O) groups is 3. The largest absolute Gasteiger partial charge is 0.396 e. The van der Waals surface area contributed by atoms with Gasteiger partial charge < -0.3 is 35.3 Å². The number of aliphatic hydroxyl groups is 3. The van der Waals surface area contributed by atoms with Crippen molar-refractivity contribution in [2.75, 3.05) is 67.1 Å². The van der Waals surface area contributed by atoms with Gasteiger partial charge in [0.2, 0.25) is 11.8 Å². The monoisotopic (exact) mass is 418 g/mol. The minimum absolute atomic E-state index is 0.130. The molecule has 3 rings (SSSR count). The van der Waals surface area contributed by atoms with Crippen molar-refractivity contribution in [3.63, 3.8) is 0 Å². The van der Waals surface area contributed by atoms with E-state index in [0.717, 1.165) is 51.9 Å². The van der Waals surface area contributed by atoms with Crippen LogP contribution in [0.1, 0.15) is 32.6 Å². The summed E-state index contributed by atoms with van der Waals surface area (Å²) in [6.07, 6.45) is 3.57. The van der Waals surface area contributed by atoms with Crippen LogP contribution in [0.15, 0.2) is 0 Å². The highest BCUT2D eigenvalue weighted by Crippen LogP contribution is 2.11. The average Bonchev–Trinajstić information content (AvgIpc) is 3.43. The Morgan fingerprint density at radius 2 is 1.34 bits per heavy atom. The molecule has 3 saturated heterocycles. The molecule has 4 amide bonds. The van der Waals surface area contributed by atoms with Crippen LogP contribution >= 0.6 is 0 Å². The van der Waals surface area contributed by atoms with Crippen LogP contribution in [0.4, 0.5) is 4.79 Å². The number of amides is 4. The predicted octanol–water partition coefficient (Wildman–Crippen LogP) is -0.912. The van der Waals surface area contributed by atoms with E-state index in [0.29, 0.717) is 5.91 Å². The van der Waals surface area contributed by atoms with Crippen molar-refractivity contribution < 1.29 is 29.7 Å². The van der Waals surface area contributed by atoms with Gasteiger partial charge in [-0.05, 0) is 12.8 Å². The Morgan fingerprint density at radius 1 is 0.828 bits per heavy atom. The van der Waals surface area contributed by atoms with Gasteiger partial charge in [0, 0.05) is 65.6 Å². The van der Waals surface area contributed by atoms with Gasteiger partial charge in [0.1, 0.15) is 0 Å². The van der Waals surface area contributed by atoms with Crippen LogP contribution in [0.25, 0.3) is 0 Å². The number of likely N-dealkylation sites (tertiary alicyclic amines) is 1. The van der Waals surface area contributed by atoms with E-state index in [2.05, 4.69) is 5.32 Å². The molecule has 0 radical (unpaired) electrons. The van der Waals surface area contributed by atoms with Crippen molar-refractivity contribution in [3.8, 4) is 0 Å². The number of nitrogens with zero attached hydrogens (tertiary/aromatic N) is 3. The highest BCUT2D eigenvalue weighted by Gasteiger charge is 2.21. The van der Waals surface area contributed by atoms with Gasteiger partial charge >= 0.3 is 6.03 Å². The van der Waals surface area contributed by atoms with E-state index < -0.39 is 5.41 Å². The Kier molecular flexibility index (Phi) is 13.2. The zero-order valence-electron chi connectivity index (χ0n) is 18.2. The minimum Gasteiger partial charge on any atom is -0.396 e. The molecule has 0 bridgehead atoms. The SMILES string of the molecule is CC(CO)(CO)CO.CN1CCCC1=O.CN1CCN(C)C1=O.O=C1CCCN1. The molecule has 0 aliphatic carbocycles. The standard InChI is InChI=1S/C5H10N2O.C5H9NO.C5H12O3.C4H7NO/c1-6-3-4-7(2)5(6)8;1-6-4-2-3-5(6)7;1-5(2-6,3-7)4-8;6-4-2-1-3-5-4/h3-4H2,1-2H3;2-4H2,1H3;6-8H,2-4H2,1H3;1-3H2,(H,5,6). The Balaban J connectivity index is 0.000000362. The van der Waals surface area contributed by atoms with Crippen molar-refractivity contribution in [1.29, 1.82) is 0 Å². The Morgan fingerprint density at radius 3 is 1.45 bits per heavy atom. The molecule has 3 heterocycles.